The van der Waals surface area contributed by atoms with Crippen molar-refractivity contribution in [3.63, 3.8) is 0 Å². The molecular weight excluding hydrogens is 306 g/mol. The van der Waals surface area contributed by atoms with Gasteiger partial charge in [-0.2, -0.15) is 0 Å². The van der Waals surface area contributed by atoms with Gasteiger partial charge in [-0.15, -0.1) is 0 Å². The zero-order valence-electron chi connectivity index (χ0n) is 16.8. The van der Waals surface area contributed by atoms with Crippen molar-refractivity contribution in [3.05, 3.63) is 0 Å². The quantitative estimate of drug-likeness (QED) is 0.542. The van der Waals surface area contributed by atoms with Crippen molar-refractivity contribution >= 4 is 5.91 Å². The number of carbonyl (C=O) groups excluding carboxylic acids is 1. The molecule has 2 saturated carbocycles. The lowest BCUT2D eigenvalue weighted by Gasteiger charge is -2.36. The first-order valence-electron chi connectivity index (χ1n) is 11.5. The summed E-state index contributed by atoms with van der Waals surface area (Å²) in [4.78, 5) is 15.7. The maximum atomic E-state index is 13.4. The van der Waals surface area contributed by atoms with E-state index >= 15 is 0 Å². The highest BCUT2D eigenvalue weighted by Gasteiger charge is 2.50. The van der Waals surface area contributed by atoms with Crippen LogP contribution < -0.4 is 0 Å². The van der Waals surface area contributed by atoms with Crippen molar-refractivity contribution in [2.75, 3.05) is 0 Å². The maximum absolute atomic E-state index is 13.4. The summed E-state index contributed by atoms with van der Waals surface area (Å²) < 4.78 is 0. The lowest BCUT2D eigenvalue weighted by Crippen LogP contribution is -2.41. The van der Waals surface area contributed by atoms with Crippen LogP contribution in [0, 0.1) is 17.8 Å². The van der Waals surface area contributed by atoms with Gasteiger partial charge in [0.25, 0.3) is 0 Å². The highest BCUT2D eigenvalue weighted by atomic mass is 16.2. The fraction of sp³-hybridized carbons (Fsp3) is 0.957. The Hall–Kier alpha value is -0.530. The fourth-order valence-electron chi connectivity index (χ4n) is 6.20. The van der Waals surface area contributed by atoms with Crippen LogP contribution >= 0.6 is 0 Å². The number of rotatable bonds is 1. The van der Waals surface area contributed by atoms with Crippen LogP contribution in [0.15, 0.2) is 0 Å². The molecule has 0 aromatic heterocycles. The maximum Gasteiger partial charge on any atom is 0.226 e. The minimum atomic E-state index is 0.344. The van der Waals surface area contributed by atoms with Crippen LogP contribution in [0.1, 0.15) is 110 Å². The molecule has 0 N–H and O–H groups in total. The molecule has 3 rings (SSSR count). The molecule has 2 nitrogen and oxygen atoms in total. The Labute approximate surface area is 156 Å². The van der Waals surface area contributed by atoms with Gasteiger partial charge in [0, 0.05) is 18.0 Å². The normalized spacial score (nSPS) is 36.0. The number of hydrogen-bond acceptors (Lipinski definition) is 1. The number of likely N-dealkylation sites (tertiary alicyclic amines) is 1. The van der Waals surface area contributed by atoms with Gasteiger partial charge in [0.05, 0.1) is 0 Å². The molecule has 1 aliphatic heterocycles. The molecule has 144 valence electrons. The molecule has 3 aliphatic rings. The molecule has 0 spiro atoms. The van der Waals surface area contributed by atoms with Gasteiger partial charge in [-0.25, -0.2) is 0 Å². The molecule has 1 saturated heterocycles. The molecule has 2 heteroatoms. The van der Waals surface area contributed by atoms with Crippen molar-refractivity contribution < 1.29 is 4.79 Å². The third-order valence-corrected chi connectivity index (χ3v) is 7.35. The average Bonchev–Trinajstić information content (AvgIpc) is 2.84. The summed E-state index contributed by atoms with van der Waals surface area (Å²) in [6.45, 7) is 4.49. The molecule has 4 unspecified atom stereocenters. The van der Waals surface area contributed by atoms with Gasteiger partial charge in [-0.3, -0.25) is 4.79 Å². The monoisotopic (exact) mass is 347 g/mol. The minimum Gasteiger partial charge on any atom is -0.337 e. The van der Waals surface area contributed by atoms with Crippen molar-refractivity contribution in [3.8, 4) is 0 Å². The van der Waals surface area contributed by atoms with Crippen LogP contribution in [0.4, 0.5) is 0 Å². The second-order valence-corrected chi connectivity index (χ2v) is 9.39. The minimum absolute atomic E-state index is 0.344. The largest absolute Gasteiger partial charge is 0.337 e. The van der Waals surface area contributed by atoms with Crippen LogP contribution in [0.3, 0.4) is 0 Å². The molecule has 3 fully saturated rings. The van der Waals surface area contributed by atoms with Crippen LogP contribution in [-0.4, -0.2) is 22.9 Å². The lowest BCUT2D eigenvalue weighted by molar-refractivity contribution is -0.134. The SMILES string of the molecule is CC(C)N1C(=O)C2CCCCCCCC3CCCCCCCCC1C32. The Morgan fingerprint density at radius 1 is 0.720 bits per heavy atom. The average molecular weight is 348 g/mol. The van der Waals surface area contributed by atoms with E-state index in [1.54, 1.807) is 0 Å². The van der Waals surface area contributed by atoms with Crippen molar-refractivity contribution in [2.45, 2.75) is 122 Å². The van der Waals surface area contributed by atoms with E-state index in [2.05, 4.69) is 18.7 Å². The van der Waals surface area contributed by atoms with Gasteiger partial charge in [0.2, 0.25) is 5.91 Å². The van der Waals surface area contributed by atoms with Crippen LogP contribution in [0.5, 0.6) is 0 Å². The van der Waals surface area contributed by atoms with E-state index in [4.69, 9.17) is 0 Å². The van der Waals surface area contributed by atoms with Crippen LogP contribution in [-0.2, 0) is 4.79 Å². The lowest BCUT2D eigenvalue weighted by atomic mass is 9.72. The molecule has 1 heterocycles. The Kier molecular flexibility index (Phi) is 7.25. The van der Waals surface area contributed by atoms with Gasteiger partial charge < -0.3 is 4.90 Å². The van der Waals surface area contributed by atoms with E-state index in [-0.39, 0.29) is 0 Å². The Morgan fingerprint density at radius 2 is 1.20 bits per heavy atom. The Bertz CT molecular complexity index is 418. The van der Waals surface area contributed by atoms with E-state index in [1.807, 2.05) is 0 Å². The summed E-state index contributed by atoms with van der Waals surface area (Å²) in [5.41, 5.74) is 0. The van der Waals surface area contributed by atoms with E-state index in [1.165, 1.54) is 96.3 Å². The zero-order valence-corrected chi connectivity index (χ0v) is 16.8. The number of carbonyl (C=O) groups is 1. The predicted molar refractivity (Wildman–Crippen MR) is 105 cm³/mol. The second-order valence-electron chi connectivity index (χ2n) is 9.39. The summed E-state index contributed by atoms with van der Waals surface area (Å²) in [7, 11) is 0. The highest BCUT2D eigenvalue weighted by molar-refractivity contribution is 5.82. The van der Waals surface area contributed by atoms with Gasteiger partial charge in [0.1, 0.15) is 0 Å². The molecule has 25 heavy (non-hydrogen) atoms. The first-order chi connectivity index (χ1) is 12.2. The summed E-state index contributed by atoms with van der Waals surface area (Å²) in [6, 6.07) is 0.918. The molecule has 0 aromatic rings. The van der Waals surface area contributed by atoms with E-state index in [9.17, 15) is 4.79 Å². The van der Waals surface area contributed by atoms with Gasteiger partial charge >= 0.3 is 0 Å². The summed E-state index contributed by atoms with van der Waals surface area (Å²) >= 11 is 0. The van der Waals surface area contributed by atoms with E-state index < -0.39 is 0 Å². The number of nitrogens with zero attached hydrogens (tertiary/aromatic N) is 1. The molecule has 0 aromatic carbocycles. The van der Waals surface area contributed by atoms with Crippen LogP contribution in [0.25, 0.3) is 0 Å². The smallest absolute Gasteiger partial charge is 0.226 e. The summed E-state index contributed by atoms with van der Waals surface area (Å²) in [5, 5.41) is 0. The van der Waals surface area contributed by atoms with E-state index in [0.717, 1.165) is 5.92 Å². The predicted octanol–water partition coefficient (Wildman–Crippen LogP) is 6.33. The first kappa shape index (κ1) is 19.2. The Balaban J connectivity index is 1.89. The van der Waals surface area contributed by atoms with Crippen molar-refractivity contribution in [2.24, 2.45) is 17.8 Å². The topological polar surface area (TPSA) is 20.3 Å². The second kappa shape index (κ2) is 9.42. The van der Waals surface area contributed by atoms with Gasteiger partial charge in [-0.1, -0.05) is 83.5 Å². The third-order valence-electron chi connectivity index (χ3n) is 7.35. The zero-order chi connectivity index (χ0) is 17.6. The third kappa shape index (κ3) is 4.61. The van der Waals surface area contributed by atoms with Crippen molar-refractivity contribution in [1.82, 2.24) is 4.90 Å². The van der Waals surface area contributed by atoms with Crippen molar-refractivity contribution in [1.29, 1.82) is 0 Å². The molecular formula is C23H41NO. The highest BCUT2D eigenvalue weighted by Crippen LogP contribution is 2.46. The van der Waals surface area contributed by atoms with E-state index in [0.29, 0.717) is 29.8 Å². The molecule has 0 radical (unpaired) electrons. The fourth-order valence-corrected chi connectivity index (χ4v) is 6.20. The molecule has 1 amide bonds. The Morgan fingerprint density at radius 3 is 1.76 bits per heavy atom. The summed E-state index contributed by atoms with van der Waals surface area (Å²) in [6.07, 6.45) is 20.4. The first-order valence-corrected chi connectivity index (χ1v) is 11.5. The molecule has 0 bridgehead atoms. The van der Waals surface area contributed by atoms with Gasteiger partial charge in [0.15, 0.2) is 0 Å². The molecule has 4 atom stereocenters. The number of hydrogen-bond donors (Lipinski definition) is 0. The number of amides is 1. The standard InChI is InChI=1S/C23H41NO/c1-18(2)24-21-17-13-9-4-3-6-10-14-19-15-11-7-5-8-12-16-20(22(19)21)23(24)25/h18-22H,3-17H2,1-2H3. The van der Waals surface area contributed by atoms with Gasteiger partial charge in [-0.05, 0) is 38.5 Å². The molecule has 2 aliphatic carbocycles. The van der Waals surface area contributed by atoms with Crippen LogP contribution in [0.2, 0.25) is 0 Å². The summed E-state index contributed by atoms with van der Waals surface area (Å²) in [5.74, 6) is 2.33.